The van der Waals surface area contributed by atoms with E-state index in [2.05, 4.69) is 10.3 Å². The van der Waals surface area contributed by atoms with Crippen LogP contribution in [0.25, 0.3) is 0 Å². The number of nitrogens with one attached hydrogen (secondary N) is 1. The molecule has 3 N–H and O–H groups in total. The van der Waals surface area contributed by atoms with Gasteiger partial charge in [0.1, 0.15) is 5.82 Å². The van der Waals surface area contributed by atoms with Crippen molar-refractivity contribution in [2.24, 2.45) is 0 Å². The monoisotopic (exact) mass is 265 g/mol. The smallest absolute Gasteiger partial charge is 0.143 e. The number of halogens is 2. The average molecular weight is 266 g/mol. The summed E-state index contributed by atoms with van der Waals surface area (Å²) in [5.41, 5.74) is 7.81. The van der Waals surface area contributed by atoms with Crippen molar-refractivity contribution in [3.63, 3.8) is 0 Å². The summed E-state index contributed by atoms with van der Waals surface area (Å²) in [4.78, 5) is 4.03. The molecule has 1 aromatic heterocycles. The van der Waals surface area contributed by atoms with E-state index in [0.29, 0.717) is 17.9 Å². The van der Waals surface area contributed by atoms with Crippen molar-refractivity contribution >= 4 is 23.0 Å². The molecule has 1 heterocycles. The maximum atomic E-state index is 13.1. The highest BCUT2D eigenvalue weighted by Crippen LogP contribution is 2.26. The van der Waals surface area contributed by atoms with Crippen molar-refractivity contribution in [1.82, 2.24) is 4.98 Å². The number of hydrogen-bond acceptors (Lipinski definition) is 3. The van der Waals surface area contributed by atoms with E-state index in [4.69, 9.17) is 17.3 Å². The normalized spacial score (nSPS) is 10.3. The number of pyridine rings is 1. The molecule has 3 nitrogen and oxygen atoms in total. The van der Waals surface area contributed by atoms with Gasteiger partial charge in [-0.1, -0.05) is 17.7 Å². The number of nitrogens with zero attached hydrogens (tertiary/aromatic N) is 1. The number of benzene rings is 1. The predicted molar refractivity (Wildman–Crippen MR) is 72.3 cm³/mol. The summed E-state index contributed by atoms with van der Waals surface area (Å²) in [5, 5.41) is 3.19. The Bertz CT molecular complexity index is 531. The zero-order valence-electron chi connectivity index (χ0n) is 9.66. The van der Waals surface area contributed by atoms with E-state index in [9.17, 15) is 4.39 Å². The first-order chi connectivity index (χ1) is 8.66. The second-order valence-corrected chi connectivity index (χ2v) is 4.30. The van der Waals surface area contributed by atoms with Gasteiger partial charge in [-0.2, -0.15) is 0 Å². The molecule has 0 saturated carbocycles. The molecule has 18 heavy (non-hydrogen) atoms. The largest absolute Gasteiger partial charge is 0.397 e. The molecular weight excluding hydrogens is 253 g/mol. The maximum absolute atomic E-state index is 13.1. The van der Waals surface area contributed by atoms with Crippen LogP contribution in [0.15, 0.2) is 36.7 Å². The first kappa shape index (κ1) is 12.6. The summed E-state index contributed by atoms with van der Waals surface area (Å²) in [7, 11) is 0. The Morgan fingerprint density at radius 1 is 1.39 bits per heavy atom. The third kappa shape index (κ3) is 3.11. The lowest BCUT2D eigenvalue weighted by Crippen LogP contribution is -2.07. The molecule has 0 saturated heterocycles. The van der Waals surface area contributed by atoms with Gasteiger partial charge in [0.25, 0.3) is 0 Å². The summed E-state index contributed by atoms with van der Waals surface area (Å²) in [6.07, 6.45) is 4.35. The quantitative estimate of drug-likeness (QED) is 0.835. The van der Waals surface area contributed by atoms with Crippen LogP contribution in [0.3, 0.4) is 0 Å². The second-order valence-electron chi connectivity index (χ2n) is 3.89. The minimum Gasteiger partial charge on any atom is -0.397 e. The Labute approximate surface area is 110 Å². The van der Waals surface area contributed by atoms with Gasteiger partial charge < -0.3 is 11.1 Å². The first-order valence-electron chi connectivity index (χ1n) is 5.54. The van der Waals surface area contributed by atoms with Crippen molar-refractivity contribution < 1.29 is 4.39 Å². The molecule has 94 valence electrons. The molecule has 1 aromatic carbocycles. The van der Waals surface area contributed by atoms with Crippen LogP contribution < -0.4 is 11.1 Å². The van der Waals surface area contributed by atoms with Crippen LogP contribution in [0.2, 0.25) is 5.02 Å². The van der Waals surface area contributed by atoms with Gasteiger partial charge in [0.2, 0.25) is 0 Å². The summed E-state index contributed by atoms with van der Waals surface area (Å²) in [6.45, 7) is 0.678. The number of hydrogen-bond donors (Lipinski definition) is 2. The van der Waals surface area contributed by atoms with Gasteiger partial charge in [-0.15, -0.1) is 0 Å². The lowest BCUT2D eigenvalue weighted by Gasteiger charge is -2.10. The minimum absolute atomic E-state index is 0.0630. The van der Waals surface area contributed by atoms with E-state index in [0.717, 1.165) is 12.0 Å². The van der Waals surface area contributed by atoms with Crippen LogP contribution in [-0.2, 0) is 6.42 Å². The summed E-state index contributed by atoms with van der Waals surface area (Å²) in [5.74, 6) is -0.507. The number of nitrogen functional groups attached to an aromatic ring is 1. The Hall–Kier alpha value is -1.81. The molecule has 0 aliphatic heterocycles. The Kier molecular flexibility index (Phi) is 3.99. The van der Waals surface area contributed by atoms with Crippen LogP contribution in [0.1, 0.15) is 5.56 Å². The predicted octanol–water partition coefficient (Wildman–Crippen LogP) is 3.11. The topological polar surface area (TPSA) is 50.9 Å². The zero-order chi connectivity index (χ0) is 13.0. The molecule has 0 unspecified atom stereocenters. The van der Waals surface area contributed by atoms with Crippen molar-refractivity contribution in [3.8, 4) is 0 Å². The van der Waals surface area contributed by atoms with Crippen LogP contribution in [0, 0.1) is 5.82 Å². The summed E-state index contributed by atoms with van der Waals surface area (Å²) < 4.78 is 13.1. The van der Waals surface area contributed by atoms with Crippen LogP contribution in [-0.4, -0.2) is 11.5 Å². The number of aromatic nitrogens is 1. The van der Waals surface area contributed by atoms with E-state index in [1.54, 1.807) is 6.20 Å². The number of anilines is 2. The zero-order valence-corrected chi connectivity index (χ0v) is 10.4. The van der Waals surface area contributed by atoms with E-state index in [1.807, 2.05) is 18.3 Å². The van der Waals surface area contributed by atoms with Gasteiger partial charge in [0.15, 0.2) is 0 Å². The fourth-order valence-electron chi connectivity index (χ4n) is 1.60. The average Bonchev–Trinajstić information content (AvgIpc) is 2.37. The highest BCUT2D eigenvalue weighted by atomic mass is 35.5. The van der Waals surface area contributed by atoms with Gasteiger partial charge in [-0.05, 0) is 24.1 Å². The molecule has 0 aliphatic carbocycles. The van der Waals surface area contributed by atoms with Crippen LogP contribution >= 0.6 is 11.6 Å². The third-order valence-corrected chi connectivity index (χ3v) is 2.83. The molecule has 5 heteroatoms. The SMILES string of the molecule is Nc1cc(F)c(Cl)cc1NCCc1cccnc1. The highest BCUT2D eigenvalue weighted by molar-refractivity contribution is 6.31. The summed E-state index contributed by atoms with van der Waals surface area (Å²) in [6, 6.07) is 6.60. The van der Waals surface area contributed by atoms with Gasteiger partial charge in [0, 0.05) is 25.0 Å². The maximum Gasteiger partial charge on any atom is 0.143 e. The Morgan fingerprint density at radius 2 is 2.22 bits per heavy atom. The molecule has 0 atom stereocenters. The molecule has 0 spiro atoms. The van der Waals surface area contributed by atoms with Gasteiger partial charge in [0.05, 0.1) is 16.4 Å². The lowest BCUT2D eigenvalue weighted by atomic mass is 10.2. The van der Waals surface area contributed by atoms with Gasteiger partial charge in [-0.25, -0.2) is 4.39 Å². The van der Waals surface area contributed by atoms with Crippen molar-refractivity contribution in [2.75, 3.05) is 17.6 Å². The standard InChI is InChI=1S/C13H13ClFN3/c14-10-6-13(12(16)7-11(10)15)18-5-3-9-2-1-4-17-8-9/h1-2,4,6-8,18H,3,5,16H2. The van der Waals surface area contributed by atoms with E-state index < -0.39 is 5.82 Å². The fourth-order valence-corrected chi connectivity index (χ4v) is 1.77. The third-order valence-electron chi connectivity index (χ3n) is 2.54. The van der Waals surface area contributed by atoms with Crippen LogP contribution in [0.5, 0.6) is 0 Å². The number of rotatable bonds is 4. The molecule has 2 aromatic rings. The molecule has 0 aliphatic rings. The van der Waals surface area contributed by atoms with Crippen molar-refractivity contribution in [3.05, 3.63) is 53.1 Å². The minimum atomic E-state index is -0.507. The first-order valence-corrected chi connectivity index (χ1v) is 5.92. The van der Waals surface area contributed by atoms with Crippen molar-refractivity contribution in [1.29, 1.82) is 0 Å². The molecule has 2 rings (SSSR count). The van der Waals surface area contributed by atoms with E-state index in [1.165, 1.54) is 12.1 Å². The van der Waals surface area contributed by atoms with Crippen molar-refractivity contribution in [2.45, 2.75) is 6.42 Å². The lowest BCUT2D eigenvalue weighted by molar-refractivity contribution is 0.629. The van der Waals surface area contributed by atoms with Gasteiger partial charge in [-0.3, -0.25) is 4.98 Å². The molecule has 0 amide bonds. The number of nitrogens with two attached hydrogens (primary N) is 1. The molecular formula is C13H13ClFN3. The Balaban J connectivity index is 1.97. The van der Waals surface area contributed by atoms with E-state index in [-0.39, 0.29) is 5.02 Å². The summed E-state index contributed by atoms with van der Waals surface area (Å²) >= 11 is 5.70. The molecule has 0 bridgehead atoms. The molecule has 0 fully saturated rings. The van der Waals surface area contributed by atoms with E-state index >= 15 is 0 Å². The highest BCUT2D eigenvalue weighted by Gasteiger charge is 2.05. The van der Waals surface area contributed by atoms with Gasteiger partial charge >= 0.3 is 0 Å². The Morgan fingerprint density at radius 3 is 2.94 bits per heavy atom. The molecule has 0 radical (unpaired) electrons. The second kappa shape index (κ2) is 5.69. The van der Waals surface area contributed by atoms with Crippen LogP contribution in [0.4, 0.5) is 15.8 Å². The fraction of sp³-hybridized carbons (Fsp3) is 0.154.